The summed E-state index contributed by atoms with van der Waals surface area (Å²) in [5.41, 5.74) is 0. The molecule has 0 aromatic heterocycles. The molecule has 0 aromatic rings. The van der Waals surface area contributed by atoms with Crippen LogP contribution in [0.15, 0.2) is 0 Å². The first-order chi connectivity index (χ1) is 6.43. The van der Waals surface area contributed by atoms with E-state index in [0.717, 1.165) is 6.42 Å². The molecular weight excluding hydrogens is 178 g/mol. The van der Waals surface area contributed by atoms with Crippen molar-refractivity contribution >= 4 is 11.7 Å². The van der Waals surface area contributed by atoms with Gasteiger partial charge in [0.25, 0.3) is 0 Å². The van der Waals surface area contributed by atoms with Crippen LogP contribution in [-0.2, 0) is 9.59 Å². The van der Waals surface area contributed by atoms with Gasteiger partial charge in [-0.25, -0.2) is 0 Å². The fourth-order valence-electron chi connectivity index (χ4n) is 1.19. The summed E-state index contributed by atoms with van der Waals surface area (Å²) in [6.07, 6.45) is 1.94. The van der Waals surface area contributed by atoms with E-state index in [-0.39, 0.29) is 11.7 Å². The Balaban J connectivity index is 3.67. The Bertz CT molecular complexity index is 199. The van der Waals surface area contributed by atoms with Gasteiger partial charge in [0.1, 0.15) is 5.78 Å². The molecular formula is C11H21NO2. The zero-order valence-electron chi connectivity index (χ0n) is 9.67. The molecule has 0 heterocycles. The van der Waals surface area contributed by atoms with Gasteiger partial charge in [0.15, 0.2) is 0 Å². The first-order valence-electron chi connectivity index (χ1n) is 5.17. The summed E-state index contributed by atoms with van der Waals surface area (Å²) in [4.78, 5) is 23.9. The van der Waals surface area contributed by atoms with Gasteiger partial charge < -0.3 is 9.69 Å². The molecule has 0 rings (SSSR count). The van der Waals surface area contributed by atoms with Crippen molar-refractivity contribution in [1.82, 2.24) is 4.90 Å². The van der Waals surface area contributed by atoms with Crippen LogP contribution in [0.3, 0.4) is 0 Å². The molecule has 0 saturated carbocycles. The third-order valence-corrected chi connectivity index (χ3v) is 2.03. The van der Waals surface area contributed by atoms with E-state index in [1.54, 1.807) is 18.9 Å². The monoisotopic (exact) mass is 199 g/mol. The molecule has 0 saturated heterocycles. The summed E-state index contributed by atoms with van der Waals surface area (Å²) in [7, 11) is 1.80. The van der Waals surface area contributed by atoms with Gasteiger partial charge in [0, 0.05) is 26.4 Å². The van der Waals surface area contributed by atoms with E-state index in [2.05, 4.69) is 0 Å². The Morgan fingerprint density at radius 1 is 1.29 bits per heavy atom. The summed E-state index contributed by atoms with van der Waals surface area (Å²) in [6.45, 7) is 6.32. The third kappa shape index (κ3) is 6.63. The smallest absolute Gasteiger partial charge is 0.222 e. The van der Waals surface area contributed by atoms with Gasteiger partial charge in [-0.05, 0) is 19.3 Å². The number of ketones is 1. The molecule has 0 spiro atoms. The lowest BCUT2D eigenvalue weighted by Gasteiger charge is -2.17. The van der Waals surface area contributed by atoms with Crippen molar-refractivity contribution in [3.63, 3.8) is 0 Å². The van der Waals surface area contributed by atoms with Gasteiger partial charge in [0.05, 0.1) is 0 Å². The van der Waals surface area contributed by atoms with E-state index in [0.29, 0.717) is 25.3 Å². The summed E-state index contributed by atoms with van der Waals surface area (Å²) in [5.74, 6) is 0.760. The average molecular weight is 199 g/mol. The molecule has 0 aromatic carbocycles. The molecule has 0 aliphatic heterocycles. The summed E-state index contributed by atoms with van der Waals surface area (Å²) >= 11 is 0. The van der Waals surface area contributed by atoms with Crippen molar-refractivity contribution in [3.05, 3.63) is 0 Å². The van der Waals surface area contributed by atoms with E-state index in [1.807, 2.05) is 13.8 Å². The Kier molecular flexibility index (Phi) is 6.17. The molecule has 3 nitrogen and oxygen atoms in total. The molecule has 0 unspecified atom stereocenters. The van der Waals surface area contributed by atoms with E-state index >= 15 is 0 Å². The molecule has 82 valence electrons. The minimum atomic E-state index is 0.170. The number of hydrogen-bond donors (Lipinski definition) is 0. The lowest BCUT2D eigenvalue weighted by Crippen LogP contribution is -2.28. The number of Topliss-reactive ketones (excluding diaryl/α,β-unsaturated/α-hetero) is 1. The van der Waals surface area contributed by atoms with Crippen LogP contribution >= 0.6 is 0 Å². The topological polar surface area (TPSA) is 37.4 Å². The standard InChI is InChI=1S/C11H21NO2/c1-9(2)8-11(14)12(4)7-5-6-10(3)13/h9H,5-8H2,1-4H3. The molecule has 0 aliphatic rings. The predicted octanol–water partition coefficient (Wildman–Crippen LogP) is 1.86. The highest BCUT2D eigenvalue weighted by molar-refractivity contribution is 5.76. The Labute approximate surface area is 86.5 Å². The second kappa shape index (κ2) is 6.57. The Hall–Kier alpha value is -0.860. The fourth-order valence-corrected chi connectivity index (χ4v) is 1.19. The zero-order chi connectivity index (χ0) is 11.1. The maximum atomic E-state index is 11.5. The Morgan fingerprint density at radius 2 is 1.86 bits per heavy atom. The van der Waals surface area contributed by atoms with Crippen molar-refractivity contribution in [2.45, 2.75) is 40.0 Å². The molecule has 0 atom stereocenters. The minimum absolute atomic E-state index is 0.170. The van der Waals surface area contributed by atoms with Crippen LogP contribution in [0.25, 0.3) is 0 Å². The number of carbonyl (C=O) groups excluding carboxylic acids is 2. The van der Waals surface area contributed by atoms with Crippen LogP contribution in [0.1, 0.15) is 40.0 Å². The fraction of sp³-hybridized carbons (Fsp3) is 0.818. The number of carbonyl (C=O) groups is 2. The van der Waals surface area contributed by atoms with E-state index in [1.165, 1.54) is 0 Å². The lowest BCUT2D eigenvalue weighted by atomic mass is 10.1. The van der Waals surface area contributed by atoms with E-state index < -0.39 is 0 Å². The second-order valence-electron chi connectivity index (χ2n) is 4.22. The highest BCUT2D eigenvalue weighted by atomic mass is 16.2. The average Bonchev–Trinajstić information content (AvgIpc) is 2.01. The Morgan fingerprint density at radius 3 is 2.29 bits per heavy atom. The molecule has 0 N–H and O–H groups in total. The number of rotatable bonds is 6. The SMILES string of the molecule is CC(=O)CCCN(C)C(=O)CC(C)C. The first kappa shape index (κ1) is 13.1. The molecule has 0 aliphatic carbocycles. The number of nitrogens with zero attached hydrogens (tertiary/aromatic N) is 1. The predicted molar refractivity (Wildman–Crippen MR) is 57.0 cm³/mol. The van der Waals surface area contributed by atoms with E-state index in [9.17, 15) is 9.59 Å². The molecule has 3 heteroatoms. The van der Waals surface area contributed by atoms with Gasteiger partial charge in [-0.15, -0.1) is 0 Å². The van der Waals surface area contributed by atoms with Crippen LogP contribution in [0, 0.1) is 5.92 Å². The zero-order valence-corrected chi connectivity index (χ0v) is 9.67. The third-order valence-electron chi connectivity index (χ3n) is 2.03. The molecule has 0 fully saturated rings. The van der Waals surface area contributed by atoms with Gasteiger partial charge in [-0.1, -0.05) is 13.8 Å². The van der Waals surface area contributed by atoms with Crippen molar-refractivity contribution in [2.24, 2.45) is 5.92 Å². The van der Waals surface area contributed by atoms with Crippen molar-refractivity contribution in [3.8, 4) is 0 Å². The highest BCUT2D eigenvalue weighted by Crippen LogP contribution is 2.03. The minimum Gasteiger partial charge on any atom is -0.346 e. The van der Waals surface area contributed by atoms with Gasteiger partial charge in [0.2, 0.25) is 5.91 Å². The molecule has 14 heavy (non-hydrogen) atoms. The van der Waals surface area contributed by atoms with Gasteiger partial charge in [-0.2, -0.15) is 0 Å². The first-order valence-corrected chi connectivity index (χ1v) is 5.17. The largest absolute Gasteiger partial charge is 0.346 e. The summed E-state index contributed by atoms with van der Waals surface area (Å²) < 4.78 is 0. The van der Waals surface area contributed by atoms with E-state index in [4.69, 9.17) is 0 Å². The summed E-state index contributed by atoms with van der Waals surface area (Å²) in [5, 5.41) is 0. The lowest BCUT2D eigenvalue weighted by molar-refractivity contribution is -0.131. The van der Waals surface area contributed by atoms with Crippen LogP contribution in [0.5, 0.6) is 0 Å². The van der Waals surface area contributed by atoms with Crippen LogP contribution in [0.4, 0.5) is 0 Å². The number of amides is 1. The van der Waals surface area contributed by atoms with Crippen molar-refractivity contribution in [2.75, 3.05) is 13.6 Å². The summed E-state index contributed by atoms with van der Waals surface area (Å²) in [6, 6.07) is 0. The van der Waals surface area contributed by atoms with Crippen LogP contribution in [0.2, 0.25) is 0 Å². The van der Waals surface area contributed by atoms with Crippen molar-refractivity contribution in [1.29, 1.82) is 0 Å². The van der Waals surface area contributed by atoms with Crippen LogP contribution in [-0.4, -0.2) is 30.2 Å². The number of hydrogen-bond acceptors (Lipinski definition) is 2. The van der Waals surface area contributed by atoms with Gasteiger partial charge in [-0.3, -0.25) is 4.79 Å². The molecule has 1 amide bonds. The molecule has 0 bridgehead atoms. The second-order valence-corrected chi connectivity index (χ2v) is 4.22. The molecule has 0 radical (unpaired) electrons. The maximum Gasteiger partial charge on any atom is 0.222 e. The quantitative estimate of drug-likeness (QED) is 0.654. The van der Waals surface area contributed by atoms with Crippen LogP contribution < -0.4 is 0 Å². The maximum absolute atomic E-state index is 11.5. The van der Waals surface area contributed by atoms with Gasteiger partial charge >= 0.3 is 0 Å². The highest BCUT2D eigenvalue weighted by Gasteiger charge is 2.10. The normalized spacial score (nSPS) is 10.4. The van der Waals surface area contributed by atoms with Crippen molar-refractivity contribution < 1.29 is 9.59 Å².